The number of carbonyl (C=O) groups is 1. The zero-order chi connectivity index (χ0) is 16.4. The quantitative estimate of drug-likeness (QED) is 0.840. The van der Waals surface area contributed by atoms with Crippen molar-refractivity contribution in [3.8, 4) is 0 Å². The predicted molar refractivity (Wildman–Crippen MR) is 73.2 cm³/mol. The van der Waals surface area contributed by atoms with Crippen LogP contribution in [0, 0.1) is 0 Å². The van der Waals surface area contributed by atoms with Crippen molar-refractivity contribution >= 4 is 5.91 Å². The van der Waals surface area contributed by atoms with Crippen molar-refractivity contribution in [3.63, 3.8) is 0 Å². The second kappa shape index (κ2) is 6.28. The minimum Gasteiger partial charge on any atom is -0.388 e. The molecule has 0 radical (unpaired) electrons. The van der Waals surface area contributed by atoms with Crippen molar-refractivity contribution in [2.45, 2.75) is 50.3 Å². The molecule has 0 unspecified atom stereocenters. The molecule has 5 nitrogen and oxygen atoms in total. The average molecular weight is 319 g/mol. The number of carbonyl (C=O) groups excluding carboxylic acids is 1. The van der Waals surface area contributed by atoms with E-state index in [9.17, 15) is 23.1 Å². The van der Waals surface area contributed by atoms with Crippen molar-refractivity contribution in [2.75, 3.05) is 6.54 Å². The number of rotatable bonds is 3. The first-order valence-corrected chi connectivity index (χ1v) is 7.33. The first-order chi connectivity index (χ1) is 10.2. The number of hydrogen-bond donors (Lipinski definition) is 2. The van der Waals surface area contributed by atoms with Gasteiger partial charge in [-0.1, -0.05) is 25.7 Å². The van der Waals surface area contributed by atoms with Crippen LogP contribution in [0.3, 0.4) is 0 Å². The van der Waals surface area contributed by atoms with E-state index in [1.54, 1.807) is 0 Å². The van der Waals surface area contributed by atoms with Crippen LogP contribution < -0.4 is 5.32 Å². The summed E-state index contributed by atoms with van der Waals surface area (Å²) in [7, 11) is 1.32. The lowest BCUT2D eigenvalue weighted by Gasteiger charge is -2.26. The van der Waals surface area contributed by atoms with E-state index in [0.29, 0.717) is 12.8 Å². The molecule has 0 aromatic carbocycles. The van der Waals surface area contributed by atoms with Crippen LogP contribution in [-0.4, -0.2) is 32.9 Å². The summed E-state index contributed by atoms with van der Waals surface area (Å²) in [5, 5.41) is 16.1. The molecule has 124 valence electrons. The van der Waals surface area contributed by atoms with E-state index in [1.807, 2.05) is 0 Å². The lowest BCUT2D eigenvalue weighted by molar-refractivity contribution is -0.141. The number of hydrogen-bond acceptors (Lipinski definition) is 3. The number of nitrogens with one attached hydrogen (secondary N) is 1. The van der Waals surface area contributed by atoms with E-state index >= 15 is 0 Å². The van der Waals surface area contributed by atoms with Crippen molar-refractivity contribution in [1.29, 1.82) is 0 Å². The molecule has 1 amide bonds. The van der Waals surface area contributed by atoms with E-state index in [1.165, 1.54) is 7.05 Å². The molecule has 0 atom stereocenters. The number of halogens is 3. The fraction of sp³-hybridized carbons (Fsp3) is 0.714. The highest BCUT2D eigenvalue weighted by molar-refractivity contribution is 5.95. The van der Waals surface area contributed by atoms with Gasteiger partial charge in [0.1, 0.15) is 0 Å². The van der Waals surface area contributed by atoms with Crippen LogP contribution in [-0.2, 0) is 13.2 Å². The smallest absolute Gasteiger partial charge is 0.388 e. The Morgan fingerprint density at radius 3 is 2.50 bits per heavy atom. The third kappa shape index (κ3) is 4.00. The van der Waals surface area contributed by atoms with Gasteiger partial charge < -0.3 is 10.4 Å². The van der Waals surface area contributed by atoms with Gasteiger partial charge in [-0.15, -0.1) is 0 Å². The molecule has 1 saturated carbocycles. The monoisotopic (exact) mass is 319 g/mol. The Bertz CT molecular complexity index is 532. The van der Waals surface area contributed by atoms with Crippen molar-refractivity contribution in [3.05, 3.63) is 17.5 Å². The highest BCUT2D eigenvalue weighted by Crippen LogP contribution is 2.31. The molecule has 0 spiro atoms. The normalized spacial score (nSPS) is 18.8. The lowest BCUT2D eigenvalue weighted by atomic mass is 9.94. The Hall–Kier alpha value is -1.57. The Morgan fingerprint density at radius 1 is 1.36 bits per heavy atom. The average Bonchev–Trinajstić information content (AvgIpc) is 2.70. The number of nitrogens with zero attached hydrogens (tertiary/aromatic N) is 2. The summed E-state index contributed by atoms with van der Waals surface area (Å²) in [6.45, 7) is -0.0436. The summed E-state index contributed by atoms with van der Waals surface area (Å²) in [5.41, 5.74) is -2.76. The summed E-state index contributed by atoms with van der Waals surface area (Å²) in [5.74, 6) is -0.863. The maximum absolute atomic E-state index is 12.8. The molecule has 1 heterocycles. The second-order valence-corrected chi connectivity index (χ2v) is 5.88. The van der Waals surface area contributed by atoms with Crippen molar-refractivity contribution < 1.29 is 23.1 Å². The number of aryl methyl sites for hydroxylation is 1. The minimum atomic E-state index is -4.69. The third-order valence-corrected chi connectivity index (χ3v) is 3.95. The van der Waals surface area contributed by atoms with E-state index in [4.69, 9.17) is 0 Å². The summed E-state index contributed by atoms with van der Waals surface area (Å²) >= 11 is 0. The van der Waals surface area contributed by atoms with E-state index < -0.39 is 28.9 Å². The fourth-order valence-corrected chi connectivity index (χ4v) is 2.77. The maximum atomic E-state index is 12.8. The van der Waals surface area contributed by atoms with Crippen LogP contribution in [0.4, 0.5) is 13.2 Å². The highest BCUT2D eigenvalue weighted by atomic mass is 19.4. The zero-order valence-electron chi connectivity index (χ0n) is 12.4. The van der Waals surface area contributed by atoms with Gasteiger partial charge in [-0.05, 0) is 12.8 Å². The van der Waals surface area contributed by atoms with Gasteiger partial charge >= 0.3 is 6.18 Å². The zero-order valence-corrected chi connectivity index (χ0v) is 12.4. The van der Waals surface area contributed by atoms with Crippen LogP contribution in [0.15, 0.2) is 6.20 Å². The van der Waals surface area contributed by atoms with Gasteiger partial charge in [-0.2, -0.15) is 18.3 Å². The predicted octanol–water partition coefficient (Wildman–Crippen LogP) is 2.25. The van der Waals surface area contributed by atoms with Crippen molar-refractivity contribution in [2.24, 2.45) is 7.05 Å². The summed E-state index contributed by atoms with van der Waals surface area (Å²) in [4.78, 5) is 12.0. The van der Waals surface area contributed by atoms with Crippen LogP contribution in [0.1, 0.15) is 54.6 Å². The maximum Gasteiger partial charge on any atom is 0.435 e. The molecule has 8 heteroatoms. The topological polar surface area (TPSA) is 67.2 Å². The van der Waals surface area contributed by atoms with Gasteiger partial charge in [0.25, 0.3) is 5.91 Å². The second-order valence-electron chi connectivity index (χ2n) is 5.88. The summed E-state index contributed by atoms with van der Waals surface area (Å²) in [6, 6.07) is 0. The first-order valence-electron chi connectivity index (χ1n) is 7.33. The largest absolute Gasteiger partial charge is 0.435 e. The fourth-order valence-electron chi connectivity index (χ4n) is 2.77. The molecule has 0 aliphatic heterocycles. The van der Waals surface area contributed by atoms with Gasteiger partial charge in [0.2, 0.25) is 0 Å². The molecular weight excluding hydrogens is 299 g/mol. The number of amides is 1. The number of aliphatic hydroxyl groups is 1. The molecular formula is C14H20F3N3O2. The molecule has 1 fully saturated rings. The van der Waals surface area contributed by atoms with Crippen LogP contribution in [0.25, 0.3) is 0 Å². The Kier molecular flexibility index (Phi) is 4.79. The van der Waals surface area contributed by atoms with E-state index in [-0.39, 0.29) is 6.54 Å². The molecule has 22 heavy (non-hydrogen) atoms. The Morgan fingerprint density at radius 2 is 1.95 bits per heavy atom. The van der Waals surface area contributed by atoms with Crippen molar-refractivity contribution in [1.82, 2.24) is 15.1 Å². The molecule has 0 saturated heterocycles. The molecule has 2 N–H and O–H groups in total. The first kappa shape index (κ1) is 16.8. The third-order valence-electron chi connectivity index (χ3n) is 3.95. The minimum absolute atomic E-state index is 0.0436. The lowest BCUT2D eigenvalue weighted by Crippen LogP contribution is -2.42. The molecule has 1 aliphatic rings. The molecule has 1 aliphatic carbocycles. The molecule has 1 aromatic rings. The Labute approximate surface area is 126 Å². The molecule has 2 rings (SSSR count). The van der Waals surface area contributed by atoms with Gasteiger partial charge in [0, 0.05) is 19.8 Å². The number of aromatic nitrogens is 2. The van der Waals surface area contributed by atoms with Gasteiger partial charge in [0.15, 0.2) is 5.69 Å². The summed E-state index contributed by atoms with van der Waals surface area (Å²) < 4.78 is 39.5. The van der Waals surface area contributed by atoms with Crippen LogP contribution in [0.5, 0.6) is 0 Å². The SMILES string of the molecule is Cn1cc(C(=O)NCC2(O)CCCCCC2)c(C(F)(F)F)n1. The summed E-state index contributed by atoms with van der Waals surface area (Å²) in [6.07, 6.45) is 1.20. The van der Waals surface area contributed by atoms with Gasteiger partial charge in [-0.3, -0.25) is 9.48 Å². The van der Waals surface area contributed by atoms with E-state index in [2.05, 4.69) is 10.4 Å². The standard InChI is InChI=1S/C14H20F3N3O2/c1-20-8-10(11(19-20)14(15,16)17)12(21)18-9-13(22)6-4-2-3-5-7-13/h8,22H,2-7,9H2,1H3,(H,18,21). The van der Waals surface area contributed by atoms with Crippen LogP contribution >= 0.6 is 0 Å². The molecule has 1 aromatic heterocycles. The molecule has 0 bridgehead atoms. The van der Waals surface area contributed by atoms with E-state index in [0.717, 1.165) is 36.6 Å². The van der Waals surface area contributed by atoms with Crippen LogP contribution in [0.2, 0.25) is 0 Å². The highest BCUT2D eigenvalue weighted by Gasteiger charge is 2.39. The Balaban J connectivity index is 2.06. The van der Waals surface area contributed by atoms with Gasteiger partial charge in [0.05, 0.1) is 11.2 Å². The number of alkyl halides is 3. The van der Waals surface area contributed by atoms with Gasteiger partial charge in [-0.25, -0.2) is 0 Å².